The van der Waals surface area contributed by atoms with Crippen molar-refractivity contribution in [1.29, 1.82) is 0 Å². The number of carbonyl (C=O) groups excluding carboxylic acids is 1. The molecule has 0 unspecified atom stereocenters. The first-order valence-electron chi connectivity index (χ1n) is 7.12. The summed E-state index contributed by atoms with van der Waals surface area (Å²) in [4.78, 5) is 14.1. The number of hydrogen-bond donors (Lipinski definition) is 1. The van der Waals surface area contributed by atoms with E-state index < -0.39 is 0 Å². The van der Waals surface area contributed by atoms with E-state index >= 15 is 0 Å². The summed E-state index contributed by atoms with van der Waals surface area (Å²) >= 11 is 0. The van der Waals surface area contributed by atoms with Gasteiger partial charge >= 0.3 is 0 Å². The third-order valence-corrected chi connectivity index (χ3v) is 3.82. The third kappa shape index (κ3) is 3.56. The predicted octanol–water partition coefficient (Wildman–Crippen LogP) is 1.17. The minimum Gasteiger partial charge on any atom is -0.341 e. The van der Waals surface area contributed by atoms with Gasteiger partial charge in [-0.2, -0.15) is 5.10 Å². The Morgan fingerprint density at radius 3 is 2.95 bits per heavy atom. The van der Waals surface area contributed by atoms with Gasteiger partial charge in [-0.1, -0.05) is 13.3 Å². The molecule has 0 bridgehead atoms. The maximum Gasteiger partial charge on any atom is 0.224 e. The molecule has 5 heteroatoms. The molecule has 2 heterocycles. The Bertz CT molecular complexity index is 429. The number of rotatable bonds is 5. The van der Waals surface area contributed by atoms with Gasteiger partial charge in [0.05, 0.1) is 6.20 Å². The standard InChI is InChI=1S/C14H24N4O/c1-3-4-12-9-17(10-13(12)15)14(19)5-6-18-8-11(2)7-16-18/h7-8,12-13H,3-6,9-10,15H2,1-2H3/t12-,13-/m1/s1. The summed E-state index contributed by atoms with van der Waals surface area (Å²) in [6.45, 7) is 6.35. The van der Waals surface area contributed by atoms with Crippen molar-refractivity contribution in [1.82, 2.24) is 14.7 Å². The van der Waals surface area contributed by atoms with Gasteiger partial charge < -0.3 is 10.6 Å². The van der Waals surface area contributed by atoms with Gasteiger partial charge in [-0.25, -0.2) is 0 Å². The first kappa shape index (κ1) is 14.1. The van der Waals surface area contributed by atoms with E-state index in [-0.39, 0.29) is 11.9 Å². The highest BCUT2D eigenvalue weighted by Gasteiger charge is 2.31. The number of nitrogens with two attached hydrogens (primary N) is 1. The lowest BCUT2D eigenvalue weighted by Gasteiger charge is -2.16. The average Bonchev–Trinajstić information content (AvgIpc) is 2.94. The van der Waals surface area contributed by atoms with Gasteiger partial charge in [-0.05, 0) is 24.8 Å². The molecule has 19 heavy (non-hydrogen) atoms. The lowest BCUT2D eigenvalue weighted by atomic mass is 9.99. The first-order valence-corrected chi connectivity index (χ1v) is 7.12. The molecule has 1 amide bonds. The van der Waals surface area contributed by atoms with Crippen LogP contribution in [0.1, 0.15) is 31.7 Å². The molecule has 1 fully saturated rings. The van der Waals surface area contributed by atoms with Crippen molar-refractivity contribution in [2.24, 2.45) is 11.7 Å². The fourth-order valence-electron chi connectivity index (χ4n) is 2.73. The maximum absolute atomic E-state index is 12.2. The zero-order valence-electron chi connectivity index (χ0n) is 11.9. The fourth-order valence-corrected chi connectivity index (χ4v) is 2.73. The van der Waals surface area contributed by atoms with E-state index in [0.717, 1.165) is 24.9 Å². The minimum atomic E-state index is 0.149. The van der Waals surface area contributed by atoms with E-state index in [1.165, 1.54) is 0 Å². The van der Waals surface area contributed by atoms with Crippen LogP contribution in [-0.2, 0) is 11.3 Å². The number of hydrogen-bond acceptors (Lipinski definition) is 3. The second-order valence-electron chi connectivity index (χ2n) is 5.54. The smallest absolute Gasteiger partial charge is 0.224 e. The van der Waals surface area contributed by atoms with Crippen molar-refractivity contribution < 1.29 is 4.79 Å². The van der Waals surface area contributed by atoms with Crippen LogP contribution in [0.4, 0.5) is 0 Å². The van der Waals surface area contributed by atoms with Gasteiger partial charge in [0.1, 0.15) is 0 Å². The first-order chi connectivity index (χ1) is 9.10. The lowest BCUT2D eigenvalue weighted by Crippen LogP contribution is -2.32. The number of aromatic nitrogens is 2. The van der Waals surface area contributed by atoms with Crippen LogP contribution in [0.25, 0.3) is 0 Å². The summed E-state index contributed by atoms with van der Waals surface area (Å²) in [6.07, 6.45) is 6.53. The third-order valence-electron chi connectivity index (χ3n) is 3.82. The Labute approximate surface area is 114 Å². The zero-order chi connectivity index (χ0) is 13.8. The number of likely N-dealkylation sites (tertiary alicyclic amines) is 1. The second kappa shape index (κ2) is 6.19. The van der Waals surface area contributed by atoms with Gasteiger partial charge in [0, 0.05) is 38.3 Å². The highest BCUT2D eigenvalue weighted by atomic mass is 16.2. The van der Waals surface area contributed by atoms with E-state index in [1.54, 1.807) is 0 Å². The Morgan fingerprint density at radius 1 is 1.53 bits per heavy atom. The summed E-state index contributed by atoms with van der Waals surface area (Å²) in [7, 11) is 0. The summed E-state index contributed by atoms with van der Waals surface area (Å²) in [5.41, 5.74) is 7.22. The fraction of sp³-hybridized carbons (Fsp3) is 0.714. The Morgan fingerprint density at radius 2 is 2.32 bits per heavy atom. The number of nitrogens with zero attached hydrogens (tertiary/aromatic N) is 3. The molecule has 1 aromatic rings. The molecule has 2 atom stereocenters. The molecule has 0 spiro atoms. The van der Waals surface area contributed by atoms with Crippen molar-refractivity contribution in [3.05, 3.63) is 18.0 Å². The van der Waals surface area contributed by atoms with Gasteiger partial charge in [-0.3, -0.25) is 9.48 Å². The average molecular weight is 264 g/mol. The number of carbonyl (C=O) groups is 1. The quantitative estimate of drug-likeness (QED) is 0.868. The number of aryl methyl sites for hydroxylation is 2. The van der Waals surface area contributed by atoms with Crippen LogP contribution in [0.3, 0.4) is 0 Å². The highest BCUT2D eigenvalue weighted by molar-refractivity contribution is 5.76. The molecule has 0 aliphatic carbocycles. The molecular formula is C14H24N4O. The molecule has 1 aromatic heterocycles. The summed E-state index contributed by atoms with van der Waals surface area (Å²) in [5.74, 6) is 0.670. The summed E-state index contributed by atoms with van der Waals surface area (Å²) < 4.78 is 1.83. The van der Waals surface area contributed by atoms with Crippen molar-refractivity contribution in [2.45, 2.75) is 45.7 Å². The van der Waals surface area contributed by atoms with Crippen molar-refractivity contribution in [3.63, 3.8) is 0 Å². The van der Waals surface area contributed by atoms with E-state index in [1.807, 2.05) is 28.9 Å². The molecule has 0 aromatic carbocycles. The SMILES string of the molecule is CCC[C@@H]1CN(C(=O)CCn2cc(C)cn2)C[C@H]1N. The zero-order valence-corrected chi connectivity index (χ0v) is 11.9. The lowest BCUT2D eigenvalue weighted by molar-refractivity contribution is -0.130. The Hall–Kier alpha value is -1.36. The van der Waals surface area contributed by atoms with Crippen molar-refractivity contribution in [2.75, 3.05) is 13.1 Å². The molecule has 0 radical (unpaired) electrons. The molecule has 5 nitrogen and oxygen atoms in total. The van der Waals surface area contributed by atoms with E-state index in [0.29, 0.717) is 25.4 Å². The largest absolute Gasteiger partial charge is 0.341 e. The molecule has 1 aliphatic heterocycles. The normalized spacial score (nSPS) is 23.0. The second-order valence-corrected chi connectivity index (χ2v) is 5.54. The van der Waals surface area contributed by atoms with Crippen LogP contribution in [-0.4, -0.2) is 39.7 Å². The predicted molar refractivity (Wildman–Crippen MR) is 74.5 cm³/mol. The monoisotopic (exact) mass is 264 g/mol. The molecule has 1 aliphatic rings. The highest BCUT2D eigenvalue weighted by Crippen LogP contribution is 2.20. The van der Waals surface area contributed by atoms with Crippen molar-refractivity contribution >= 4 is 5.91 Å². The molecule has 106 valence electrons. The Balaban J connectivity index is 1.81. The van der Waals surface area contributed by atoms with Crippen LogP contribution < -0.4 is 5.73 Å². The molecule has 1 saturated heterocycles. The van der Waals surface area contributed by atoms with Gasteiger partial charge in [-0.15, -0.1) is 0 Å². The van der Waals surface area contributed by atoms with Gasteiger partial charge in [0.25, 0.3) is 0 Å². The van der Waals surface area contributed by atoms with Crippen LogP contribution in [0.15, 0.2) is 12.4 Å². The van der Waals surface area contributed by atoms with Gasteiger partial charge in [0.15, 0.2) is 0 Å². The van der Waals surface area contributed by atoms with Crippen molar-refractivity contribution in [3.8, 4) is 0 Å². The minimum absolute atomic E-state index is 0.149. The topological polar surface area (TPSA) is 64.2 Å². The molecule has 2 rings (SSSR count). The van der Waals surface area contributed by atoms with Crippen LogP contribution in [0.2, 0.25) is 0 Å². The van der Waals surface area contributed by atoms with E-state index in [2.05, 4.69) is 12.0 Å². The molecular weight excluding hydrogens is 240 g/mol. The van der Waals surface area contributed by atoms with Crippen LogP contribution in [0.5, 0.6) is 0 Å². The van der Waals surface area contributed by atoms with E-state index in [9.17, 15) is 4.79 Å². The van der Waals surface area contributed by atoms with Crippen LogP contribution >= 0.6 is 0 Å². The van der Waals surface area contributed by atoms with Crippen LogP contribution in [0, 0.1) is 12.8 Å². The summed E-state index contributed by atoms with van der Waals surface area (Å²) in [6, 6.07) is 0.149. The maximum atomic E-state index is 12.2. The van der Waals surface area contributed by atoms with Gasteiger partial charge in [0.2, 0.25) is 5.91 Å². The summed E-state index contributed by atoms with van der Waals surface area (Å²) in [5, 5.41) is 4.19. The molecule has 2 N–H and O–H groups in total. The Kier molecular flexibility index (Phi) is 4.58. The number of amides is 1. The van der Waals surface area contributed by atoms with E-state index in [4.69, 9.17) is 5.73 Å². The molecule has 0 saturated carbocycles.